The summed E-state index contributed by atoms with van der Waals surface area (Å²) in [5.41, 5.74) is 0.451. The van der Waals surface area contributed by atoms with Crippen molar-refractivity contribution in [3.8, 4) is 0 Å². The summed E-state index contributed by atoms with van der Waals surface area (Å²) in [7, 11) is 0. The van der Waals surface area contributed by atoms with Gasteiger partial charge in [0.2, 0.25) is 5.91 Å². The third-order valence-electron chi connectivity index (χ3n) is 10.7. The summed E-state index contributed by atoms with van der Waals surface area (Å²) in [6.45, 7) is 6.83. The largest absolute Gasteiger partial charge is 0.480 e. The van der Waals surface area contributed by atoms with Crippen LogP contribution >= 0.6 is 0 Å². The van der Waals surface area contributed by atoms with Crippen molar-refractivity contribution < 1.29 is 24.9 Å². The lowest BCUT2D eigenvalue weighted by atomic mass is 9.43. The Bertz CT molecular complexity index is 727. The van der Waals surface area contributed by atoms with E-state index in [0.29, 0.717) is 41.9 Å². The standard InChI is InChI=1S/C26H43NO5/c1-15(4-7-22(30)27-14-23(31)32)18-5-6-19-24-20(9-11-26(18,19)3)25(2)10-8-17(28)12-16(25)13-21(24)29/h15-21,24,28-29H,4-14H2,1-3H3,(H,27,30)(H,31,32)/t15-,16+,17-,18-,19-,20+,21+,24-,25+,26-/m1/s1. The van der Waals surface area contributed by atoms with Gasteiger partial charge in [0.1, 0.15) is 6.54 Å². The van der Waals surface area contributed by atoms with Gasteiger partial charge >= 0.3 is 5.97 Å². The highest BCUT2D eigenvalue weighted by atomic mass is 16.4. The maximum atomic E-state index is 12.0. The van der Waals surface area contributed by atoms with Crippen LogP contribution in [0.2, 0.25) is 0 Å². The van der Waals surface area contributed by atoms with Crippen LogP contribution in [0.5, 0.6) is 0 Å². The molecule has 182 valence electrons. The molecule has 0 unspecified atom stereocenters. The molecule has 1 amide bonds. The van der Waals surface area contributed by atoms with Crippen molar-refractivity contribution in [2.75, 3.05) is 6.54 Å². The van der Waals surface area contributed by atoms with Crippen LogP contribution in [0.15, 0.2) is 0 Å². The normalized spacial score (nSPS) is 46.5. The molecular weight excluding hydrogens is 406 g/mol. The molecule has 0 heterocycles. The van der Waals surface area contributed by atoms with Gasteiger partial charge in [-0.05, 0) is 104 Å². The van der Waals surface area contributed by atoms with Gasteiger partial charge in [0.15, 0.2) is 0 Å². The lowest BCUT2D eigenvalue weighted by molar-refractivity contribution is -0.174. The molecule has 4 saturated carbocycles. The molecule has 4 aliphatic rings. The zero-order valence-electron chi connectivity index (χ0n) is 20.1. The quantitative estimate of drug-likeness (QED) is 0.496. The number of fused-ring (bicyclic) bond motifs is 5. The zero-order valence-corrected chi connectivity index (χ0v) is 20.1. The van der Waals surface area contributed by atoms with E-state index in [0.717, 1.165) is 44.9 Å². The fraction of sp³-hybridized carbons (Fsp3) is 0.923. The summed E-state index contributed by atoms with van der Waals surface area (Å²) in [5, 5.41) is 32.8. The Morgan fingerprint density at radius 1 is 1.00 bits per heavy atom. The van der Waals surface area contributed by atoms with Gasteiger partial charge in [-0.25, -0.2) is 0 Å². The lowest BCUT2D eigenvalue weighted by Gasteiger charge is -2.62. The number of carbonyl (C=O) groups is 2. The molecule has 0 radical (unpaired) electrons. The second-order valence-corrected chi connectivity index (χ2v) is 12.1. The third-order valence-corrected chi connectivity index (χ3v) is 10.7. The van der Waals surface area contributed by atoms with E-state index in [4.69, 9.17) is 5.11 Å². The Hall–Kier alpha value is -1.14. The molecular formula is C26H43NO5. The number of carboxylic acids is 1. The third kappa shape index (κ3) is 4.11. The molecule has 32 heavy (non-hydrogen) atoms. The van der Waals surface area contributed by atoms with E-state index >= 15 is 0 Å². The lowest BCUT2D eigenvalue weighted by Crippen LogP contribution is -2.58. The van der Waals surface area contributed by atoms with Gasteiger partial charge in [-0.2, -0.15) is 0 Å². The topological polar surface area (TPSA) is 107 Å². The molecule has 6 nitrogen and oxygen atoms in total. The van der Waals surface area contributed by atoms with Crippen molar-refractivity contribution in [3.05, 3.63) is 0 Å². The SMILES string of the molecule is C[C@H](CCC(=O)NCC(=O)O)[C@H]1CC[C@@H]2[C@H]3[C@@H](O)C[C@@H]4C[C@H](O)CC[C@]4(C)[C@H]3CC[C@@]21C. The Morgan fingerprint density at radius 3 is 2.41 bits per heavy atom. The highest BCUT2D eigenvalue weighted by molar-refractivity contribution is 5.81. The Morgan fingerprint density at radius 2 is 1.69 bits per heavy atom. The van der Waals surface area contributed by atoms with Crippen LogP contribution in [0.25, 0.3) is 0 Å². The Kier molecular flexibility index (Phi) is 6.68. The molecule has 0 aromatic rings. The molecule has 4 N–H and O–H groups in total. The van der Waals surface area contributed by atoms with Crippen LogP contribution in [-0.4, -0.2) is 45.9 Å². The average Bonchev–Trinajstić information content (AvgIpc) is 3.09. The summed E-state index contributed by atoms with van der Waals surface area (Å²) >= 11 is 0. The van der Waals surface area contributed by atoms with E-state index in [2.05, 4.69) is 26.1 Å². The molecule has 0 aliphatic heterocycles. The summed E-state index contributed by atoms with van der Waals surface area (Å²) in [4.78, 5) is 22.7. The number of carbonyl (C=O) groups excluding carboxylic acids is 1. The Labute approximate surface area is 192 Å². The number of rotatable bonds is 6. The van der Waals surface area contributed by atoms with Gasteiger partial charge < -0.3 is 20.6 Å². The zero-order chi connectivity index (χ0) is 23.3. The van der Waals surface area contributed by atoms with Crippen LogP contribution < -0.4 is 5.32 Å². The van der Waals surface area contributed by atoms with Crippen LogP contribution in [0.3, 0.4) is 0 Å². The molecule has 0 spiro atoms. The maximum Gasteiger partial charge on any atom is 0.322 e. The van der Waals surface area contributed by atoms with Gasteiger partial charge in [0, 0.05) is 6.42 Å². The van der Waals surface area contributed by atoms with Crippen molar-refractivity contribution in [1.29, 1.82) is 0 Å². The number of carboxylic acid groups (broad SMARTS) is 1. The Balaban J connectivity index is 1.44. The molecule has 0 aromatic heterocycles. The van der Waals surface area contributed by atoms with E-state index in [1.807, 2.05) is 0 Å². The first-order chi connectivity index (χ1) is 15.1. The van der Waals surface area contributed by atoms with Crippen molar-refractivity contribution in [1.82, 2.24) is 5.32 Å². The number of amides is 1. The highest BCUT2D eigenvalue weighted by Crippen LogP contribution is 2.68. The second-order valence-electron chi connectivity index (χ2n) is 12.1. The van der Waals surface area contributed by atoms with E-state index < -0.39 is 5.97 Å². The van der Waals surface area contributed by atoms with Crippen molar-refractivity contribution in [2.24, 2.45) is 46.3 Å². The minimum atomic E-state index is -1.01. The smallest absolute Gasteiger partial charge is 0.322 e. The number of hydrogen-bond acceptors (Lipinski definition) is 4. The van der Waals surface area contributed by atoms with Gasteiger partial charge in [-0.3, -0.25) is 9.59 Å². The predicted octanol–water partition coefficient (Wildman–Crippen LogP) is 3.59. The van der Waals surface area contributed by atoms with E-state index in [1.165, 1.54) is 12.8 Å². The van der Waals surface area contributed by atoms with Gasteiger partial charge in [0.05, 0.1) is 12.2 Å². The van der Waals surface area contributed by atoms with Crippen molar-refractivity contribution in [3.63, 3.8) is 0 Å². The van der Waals surface area contributed by atoms with Crippen molar-refractivity contribution in [2.45, 2.75) is 97.2 Å². The molecule has 0 saturated heterocycles. The summed E-state index contributed by atoms with van der Waals surface area (Å²) in [6.07, 6.45) is 9.06. The van der Waals surface area contributed by atoms with Gasteiger partial charge in [0.25, 0.3) is 0 Å². The van der Waals surface area contributed by atoms with E-state index in [1.54, 1.807) is 0 Å². The number of aliphatic hydroxyl groups is 2. The fourth-order valence-electron chi connectivity index (χ4n) is 9.00. The molecule has 4 aliphatic carbocycles. The summed E-state index contributed by atoms with van der Waals surface area (Å²) < 4.78 is 0. The molecule has 4 rings (SSSR count). The van der Waals surface area contributed by atoms with Crippen LogP contribution in [0.1, 0.15) is 85.0 Å². The first kappa shape index (κ1) is 24.0. The minimum Gasteiger partial charge on any atom is -0.480 e. The highest BCUT2D eigenvalue weighted by Gasteiger charge is 2.62. The summed E-state index contributed by atoms with van der Waals surface area (Å²) in [6, 6.07) is 0. The first-order valence-electron chi connectivity index (χ1n) is 12.9. The molecule has 0 bridgehead atoms. The molecule has 10 atom stereocenters. The van der Waals surface area contributed by atoms with Crippen LogP contribution in [0.4, 0.5) is 0 Å². The second kappa shape index (κ2) is 8.90. The average molecular weight is 450 g/mol. The molecule has 0 aromatic carbocycles. The molecule has 4 fully saturated rings. The van der Waals surface area contributed by atoms with E-state index in [9.17, 15) is 19.8 Å². The number of nitrogens with one attached hydrogen (secondary N) is 1. The van der Waals surface area contributed by atoms with Crippen LogP contribution in [-0.2, 0) is 9.59 Å². The minimum absolute atomic E-state index is 0.177. The number of aliphatic hydroxyl groups excluding tert-OH is 2. The fourth-order valence-corrected chi connectivity index (χ4v) is 9.00. The first-order valence-corrected chi connectivity index (χ1v) is 12.9. The van der Waals surface area contributed by atoms with Gasteiger partial charge in [-0.15, -0.1) is 0 Å². The predicted molar refractivity (Wildman–Crippen MR) is 122 cm³/mol. The molecule has 6 heteroatoms. The van der Waals surface area contributed by atoms with E-state index in [-0.39, 0.29) is 35.5 Å². The number of aliphatic carboxylic acids is 1. The summed E-state index contributed by atoms with van der Waals surface area (Å²) in [5.74, 6) is 1.66. The van der Waals surface area contributed by atoms with Crippen molar-refractivity contribution >= 4 is 11.9 Å². The maximum absolute atomic E-state index is 12.0. The monoisotopic (exact) mass is 449 g/mol. The van der Waals surface area contributed by atoms with Crippen LogP contribution in [0, 0.1) is 46.3 Å². The number of hydrogen-bond donors (Lipinski definition) is 4. The van der Waals surface area contributed by atoms with Gasteiger partial charge in [-0.1, -0.05) is 20.8 Å².